The maximum absolute atomic E-state index is 5.72. The van der Waals surface area contributed by atoms with Gasteiger partial charge in [-0.15, -0.1) is 0 Å². The minimum atomic E-state index is 0.0456. The van der Waals surface area contributed by atoms with Crippen LogP contribution in [0.5, 0.6) is 5.75 Å². The van der Waals surface area contributed by atoms with Crippen molar-refractivity contribution < 1.29 is 4.74 Å². The van der Waals surface area contributed by atoms with Gasteiger partial charge in [0.1, 0.15) is 11.9 Å². The van der Waals surface area contributed by atoms with E-state index in [-0.39, 0.29) is 12.1 Å². The van der Waals surface area contributed by atoms with Crippen LogP contribution in [0.2, 0.25) is 0 Å². The quantitative estimate of drug-likeness (QED) is 0.750. The van der Waals surface area contributed by atoms with E-state index in [1.54, 1.807) is 6.08 Å². The van der Waals surface area contributed by atoms with E-state index in [9.17, 15) is 0 Å². The second-order valence-corrected chi connectivity index (χ2v) is 3.88. The molecule has 1 aromatic carbocycles. The predicted octanol–water partition coefficient (Wildman–Crippen LogP) is 2.53. The van der Waals surface area contributed by atoms with Crippen LogP contribution in [-0.2, 0) is 6.42 Å². The van der Waals surface area contributed by atoms with Crippen molar-refractivity contribution in [2.75, 3.05) is 0 Å². The molecular formula is C13H19NO. The van der Waals surface area contributed by atoms with E-state index in [2.05, 4.69) is 18.7 Å². The third-order valence-corrected chi connectivity index (χ3v) is 2.13. The Hall–Kier alpha value is -1.28. The molecule has 2 unspecified atom stereocenters. The number of nitrogens with two attached hydrogens (primary N) is 1. The molecule has 15 heavy (non-hydrogen) atoms. The Morgan fingerprint density at radius 2 is 1.93 bits per heavy atom. The molecule has 0 aliphatic carbocycles. The van der Waals surface area contributed by atoms with Gasteiger partial charge in [-0.05, 0) is 38.0 Å². The Kier molecular flexibility index (Phi) is 4.37. The molecule has 0 saturated carbocycles. The van der Waals surface area contributed by atoms with Crippen LogP contribution in [0, 0.1) is 0 Å². The van der Waals surface area contributed by atoms with Gasteiger partial charge in [0.05, 0.1) is 0 Å². The molecule has 0 amide bonds. The lowest BCUT2D eigenvalue weighted by molar-refractivity contribution is 0.270. The summed E-state index contributed by atoms with van der Waals surface area (Å²) in [6.07, 6.45) is 2.72. The highest BCUT2D eigenvalue weighted by Crippen LogP contribution is 2.14. The van der Waals surface area contributed by atoms with Gasteiger partial charge in [0.15, 0.2) is 0 Å². The first-order valence-electron chi connectivity index (χ1n) is 5.25. The first-order valence-corrected chi connectivity index (χ1v) is 5.25. The average Bonchev–Trinajstić information content (AvgIpc) is 2.20. The van der Waals surface area contributed by atoms with Crippen LogP contribution >= 0.6 is 0 Å². The summed E-state index contributed by atoms with van der Waals surface area (Å²) in [4.78, 5) is 0. The lowest BCUT2D eigenvalue weighted by Gasteiger charge is -2.11. The number of ether oxygens (including phenoxy) is 1. The van der Waals surface area contributed by atoms with Crippen LogP contribution < -0.4 is 10.5 Å². The van der Waals surface area contributed by atoms with Crippen molar-refractivity contribution in [1.29, 1.82) is 0 Å². The maximum atomic E-state index is 5.72. The fourth-order valence-corrected chi connectivity index (χ4v) is 1.34. The topological polar surface area (TPSA) is 35.2 Å². The Balaban J connectivity index is 2.59. The highest BCUT2D eigenvalue weighted by molar-refractivity contribution is 5.28. The fourth-order valence-electron chi connectivity index (χ4n) is 1.34. The van der Waals surface area contributed by atoms with E-state index in [0.717, 1.165) is 12.2 Å². The van der Waals surface area contributed by atoms with Crippen LogP contribution in [0.4, 0.5) is 0 Å². The van der Waals surface area contributed by atoms with Crippen LogP contribution in [0.25, 0.3) is 0 Å². The monoisotopic (exact) mass is 205 g/mol. The number of hydrogen-bond acceptors (Lipinski definition) is 2. The zero-order chi connectivity index (χ0) is 11.3. The van der Waals surface area contributed by atoms with Gasteiger partial charge >= 0.3 is 0 Å². The number of benzene rings is 1. The van der Waals surface area contributed by atoms with E-state index in [1.165, 1.54) is 5.56 Å². The molecule has 0 radical (unpaired) electrons. The van der Waals surface area contributed by atoms with Gasteiger partial charge in [-0.25, -0.2) is 0 Å². The summed E-state index contributed by atoms with van der Waals surface area (Å²) < 4.78 is 5.57. The highest BCUT2D eigenvalue weighted by atomic mass is 16.5. The molecule has 0 fully saturated rings. The van der Waals surface area contributed by atoms with E-state index in [1.807, 2.05) is 26.0 Å². The first kappa shape index (κ1) is 11.8. The summed E-state index contributed by atoms with van der Waals surface area (Å²) >= 11 is 0. The van der Waals surface area contributed by atoms with Gasteiger partial charge in [0, 0.05) is 6.04 Å². The molecule has 0 aliphatic rings. The summed E-state index contributed by atoms with van der Waals surface area (Å²) in [5, 5.41) is 0. The van der Waals surface area contributed by atoms with E-state index < -0.39 is 0 Å². The molecule has 2 nitrogen and oxygen atoms in total. The zero-order valence-electron chi connectivity index (χ0n) is 9.44. The van der Waals surface area contributed by atoms with Crippen molar-refractivity contribution in [3.05, 3.63) is 42.5 Å². The number of hydrogen-bond donors (Lipinski definition) is 1. The van der Waals surface area contributed by atoms with Gasteiger partial charge < -0.3 is 10.5 Å². The molecule has 0 saturated heterocycles. The third kappa shape index (κ3) is 4.17. The van der Waals surface area contributed by atoms with Crippen LogP contribution in [0.3, 0.4) is 0 Å². The van der Waals surface area contributed by atoms with Crippen molar-refractivity contribution in [3.63, 3.8) is 0 Å². The molecule has 2 N–H and O–H groups in total. The molecule has 0 aromatic heterocycles. The second kappa shape index (κ2) is 5.56. The molecule has 0 aliphatic heterocycles. The lowest BCUT2D eigenvalue weighted by atomic mass is 10.1. The third-order valence-electron chi connectivity index (χ3n) is 2.13. The predicted molar refractivity (Wildman–Crippen MR) is 64.1 cm³/mol. The molecule has 2 heteroatoms. The van der Waals surface area contributed by atoms with Crippen molar-refractivity contribution >= 4 is 0 Å². The van der Waals surface area contributed by atoms with Gasteiger partial charge in [-0.3, -0.25) is 0 Å². The van der Waals surface area contributed by atoms with Gasteiger partial charge in [-0.1, -0.05) is 24.8 Å². The van der Waals surface area contributed by atoms with Crippen molar-refractivity contribution in [3.8, 4) is 5.75 Å². The molecule has 0 spiro atoms. The zero-order valence-corrected chi connectivity index (χ0v) is 9.44. The van der Waals surface area contributed by atoms with Crippen molar-refractivity contribution in [2.45, 2.75) is 32.4 Å². The normalized spacial score (nSPS) is 14.3. The average molecular weight is 205 g/mol. The molecule has 2 atom stereocenters. The standard InChI is InChI=1S/C13H19NO/c1-4-11(3)15-13-7-5-12(6-8-13)9-10(2)14/h4-8,10-11H,1,9,14H2,2-3H3. The smallest absolute Gasteiger partial charge is 0.120 e. The molecule has 0 heterocycles. The number of rotatable bonds is 5. The molecular weight excluding hydrogens is 186 g/mol. The summed E-state index contributed by atoms with van der Waals surface area (Å²) in [7, 11) is 0. The van der Waals surface area contributed by atoms with Gasteiger partial charge in [0.25, 0.3) is 0 Å². The largest absolute Gasteiger partial charge is 0.487 e. The lowest BCUT2D eigenvalue weighted by Crippen LogP contribution is -2.17. The van der Waals surface area contributed by atoms with Gasteiger partial charge in [0.2, 0.25) is 0 Å². The summed E-state index contributed by atoms with van der Waals surface area (Å²) in [6.45, 7) is 7.64. The Morgan fingerprint density at radius 1 is 1.33 bits per heavy atom. The molecule has 1 rings (SSSR count). The van der Waals surface area contributed by atoms with E-state index in [4.69, 9.17) is 10.5 Å². The minimum absolute atomic E-state index is 0.0456. The Morgan fingerprint density at radius 3 is 2.40 bits per heavy atom. The Bertz CT molecular complexity index is 303. The molecule has 0 bridgehead atoms. The Labute approximate surface area is 91.7 Å². The minimum Gasteiger partial charge on any atom is -0.487 e. The van der Waals surface area contributed by atoms with Crippen molar-refractivity contribution in [2.24, 2.45) is 5.73 Å². The van der Waals surface area contributed by atoms with E-state index >= 15 is 0 Å². The molecule has 82 valence electrons. The summed E-state index contributed by atoms with van der Waals surface area (Å²) in [5.41, 5.74) is 6.96. The summed E-state index contributed by atoms with van der Waals surface area (Å²) in [5.74, 6) is 0.871. The van der Waals surface area contributed by atoms with Gasteiger partial charge in [-0.2, -0.15) is 0 Å². The first-order chi connectivity index (χ1) is 7.11. The fraction of sp³-hybridized carbons (Fsp3) is 0.385. The highest BCUT2D eigenvalue weighted by Gasteiger charge is 2.00. The van der Waals surface area contributed by atoms with Crippen LogP contribution in [0.15, 0.2) is 36.9 Å². The SMILES string of the molecule is C=CC(C)Oc1ccc(CC(C)N)cc1. The van der Waals surface area contributed by atoms with Crippen LogP contribution in [-0.4, -0.2) is 12.1 Å². The molecule has 1 aromatic rings. The summed E-state index contributed by atoms with van der Waals surface area (Å²) in [6, 6.07) is 8.24. The van der Waals surface area contributed by atoms with Crippen molar-refractivity contribution in [1.82, 2.24) is 0 Å². The maximum Gasteiger partial charge on any atom is 0.120 e. The van der Waals surface area contributed by atoms with Crippen LogP contribution in [0.1, 0.15) is 19.4 Å². The van der Waals surface area contributed by atoms with E-state index in [0.29, 0.717) is 0 Å². The second-order valence-electron chi connectivity index (χ2n) is 3.88.